The fraction of sp³-hybridized carbons (Fsp3) is 0.346. The van der Waals surface area contributed by atoms with Crippen LogP contribution in [0.15, 0.2) is 59.5 Å². The van der Waals surface area contributed by atoms with Crippen molar-refractivity contribution in [2.75, 3.05) is 30.9 Å². The molecule has 2 unspecified atom stereocenters. The van der Waals surface area contributed by atoms with Gasteiger partial charge in [-0.05, 0) is 67.6 Å². The number of nitro benzene ring substituents is 1. The van der Waals surface area contributed by atoms with Crippen molar-refractivity contribution in [1.29, 1.82) is 0 Å². The van der Waals surface area contributed by atoms with Gasteiger partial charge in [-0.2, -0.15) is 0 Å². The first-order valence-electron chi connectivity index (χ1n) is 12.5. The van der Waals surface area contributed by atoms with Crippen molar-refractivity contribution >= 4 is 39.1 Å². The highest BCUT2D eigenvalue weighted by Crippen LogP contribution is 2.30. The van der Waals surface area contributed by atoms with Crippen molar-refractivity contribution in [2.45, 2.75) is 24.7 Å². The molecule has 2 aromatic rings. The smallest absolute Gasteiger partial charge is 0.302 e. The molecule has 13 heteroatoms. The number of carbonyl (C=O) groups is 3. The molecule has 2 atom stereocenters. The number of nitro groups is 1. The van der Waals surface area contributed by atoms with Crippen molar-refractivity contribution in [3.8, 4) is 0 Å². The SMILES string of the molecule is CC1CNCCC1Cc1ccc(NS(=O)(=O)c2cccc(C(=O)NCCN3C(=O)C=CC3=O)c2[N+](=O)[O-])cc1. The van der Waals surface area contributed by atoms with Crippen LogP contribution in [0.3, 0.4) is 0 Å². The van der Waals surface area contributed by atoms with Crippen molar-refractivity contribution in [3.05, 3.63) is 75.9 Å². The number of rotatable bonds is 10. The second-order valence-electron chi connectivity index (χ2n) is 9.56. The van der Waals surface area contributed by atoms with Gasteiger partial charge in [0.1, 0.15) is 5.56 Å². The van der Waals surface area contributed by atoms with E-state index in [-0.39, 0.29) is 18.8 Å². The molecule has 0 aliphatic carbocycles. The molecule has 3 amide bonds. The quantitative estimate of drug-likeness (QED) is 0.227. The Balaban J connectivity index is 1.47. The standard InChI is InChI=1S/C26H29N5O7S/c1-17-16-27-12-11-19(17)15-18-5-7-20(8-6-18)29-39(37,38)22-4-2-3-21(25(22)31(35)36)26(34)28-13-14-30-23(32)9-10-24(30)33/h2-10,17,19,27,29H,11-16H2,1H3,(H,28,34). The third kappa shape index (κ3) is 6.49. The number of nitrogens with one attached hydrogen (secondary N) is 3. The molecule has 0 saturated carbocycles. The van der Waals surface area contributed by atoms with Crippen LogP contribution in [0.2, 0.25) is 0 Å². The average Bonchev–Trinajstić information content (AvgIpc) is 3.22. The third-order valence-corrected chi connectivity index (χ3v) is 8.32. The van der Waals surface area contributed by atoms with Gasteiger partial charge in [-0.1, -0.05) is 25.1 Å². The molecule has 0 radical (unpaired) electrons. The number of sulfonamides is 1. The summed E-state index contributed by atoms with van der Waals surface area (Å²) in [7, 11) is -4.43. The number of hydrogen-bond donors (Lipinski definition) is 3. The van der Waals surface area contributed by atoms with E-state index in [1.54, 1.807) is 12.1 Å². The van der Waals surface area contributed by atoms with Crippen LogP contribution in [0.25, 0.3) is 0 Å². The summed E-state index contributed by atoms with van der Waals surface area (Å²) in [6.45, 7) is 3.82. The molecular formula is C26H29N5O7S. The summed E-state index contributed by atoms with van der Waals surface area (Å²) in [5, 5.41) is 17.7. The van der Waals surface area contributed by atoms with Crippen LogP contribution in [0.4, 0.5) is 11.4 Å². The second kappa shape index (κ2) is 11.7. The number of para-hydroxylation sites is 1. The maximum atomic E-state index is 13.2. The molecule has 39 heavy (non-hydrogen) atoms. The van der Waals surface area contributed by atoms with Crippen LogP contribution in [0.1, 0.15) is 29.3 Å². The van der Waals surface area contributed by atoms with E-state index in [4.69, 9.17) is 0 Å². The first-order valence-corrected chi connectivity index (χ1v) is 14.0. The first kappa shape index (κ1) is 27.9. The van der Waals surface area contributed by atoms with Crippen molar-refractivity contribution < 1.29 is 27.7 Å². The summed E-state index contributed by atoms with van der Waals surface area (Å²) < 4.78 is 28.7. The van der Waals surface area contributed by atoms with E-state index in [0.29, 0.717) is 11.8 Å². The van der Waals surface area contributed by atoms with Gasteiger partial charge in [0.25, 0.3) is 27.7 Å². The topological polar surface area (TPSA) is 168 Å². The largest absolute Gasteiger partial charge is 0.350 e. The average molecular weight is 556 g/mol. The molecule has 2 aromatic carbocycles. The zero-order chi connectivity index (χ0) is 28.2. The van der Waals surface area contributed by atoms with Crippen LogP contribution < -0.4 is 15.4 Å². The fourth-order valence-corrected chi connectivity index (χ4v) is 5.99. The zero-order valence-electron chi connectivity index (χ0n) is 21.3. The van der Waals surface area contributed by atoms with Crippen molar-refractivity contribution in [3.63, 3.8) is 0 Å². The minimum atomic E-state index is -4.43. The number of imide groups is 1. The van der Waals surface area contributed by atoms with Gasteiger partial charge in [0, 0.05) is 30.9 Å². The Morgan fingerprint density at radius 2 is 1.82 bits per heavy atom. The van der Waals surface area contributed by atoms with Gasteiger partial charge < -0.3 is 10.6 Å². The Morgan fingerprint density at radius 3 is 2.46 bits per heavy atom. The van der Waals surface area contributed by atoms with Gasteiger partial charge in [-0.25, -0.2) is 8.42 Å². The molecule has 3 N–H and O–H groups in total. The van der Waals surface area contributed by atoms with E-state index in [9.17, 15) is 32.9 Å². The molecule has 4 rings (SSSR count). The van der Waals surface area contributed by atoms with Crippen LogP contribution in [0.5, 0.6) is 0 Å². The third-order valence-electron chi connectivity index (χ3n) is 6.90. The summed E-state index contributed by atoms with van der Waals surface area (Å²) in [5.41, 5.74) is -0.0511. The monoisotopic (exact) mass is 555 g/mol. The molecule has 0 spiro atoms. The maximum Gasteiger partial charge on any atom is 0.302 e. The molecule has 2 aliphatic rings. The van der Waals surface area contributed by atoms with Gasteiger partial charge in [0.2, 0.25) is 0 Å². The molecule has 1 fully saturated rings. The van der Waals surface area contributed by atoms with Crippen molar-refractivity contribution in [2.24, 2.45) is 11.8 Å². The number of benzene rings is 2. The van der Waals surface area contributed by atoms with Gasteiger partial charge in [0.05, 0.1) is 4.92 Å². The van der Waals surface area contributed by atoms with Crippen molar-refractivity contribution in [1.82, 2.24) is 15.5 Å². The predicted octanol–water partition coefficient (Wildman–Crippen LogP) is 1.84. The summed E-state index contributed by atoms with van der Waals surface area (Å²) in [5.74, 6) is -0.925. The summed E-state index contributed by atoms with van der Waals surface area (Å²) in [4.78, 5) is 47.2. The summed E-state index contributed by atoms with van der Waals surface area (Å²) in [6.07, 6.45) is 4.13. The number of carbonyl (C=O) groups excluding carboxylic acids is 3. The highest BCUT2D eigenvalue weighted by Gasteiger charge is 2.32. The lowest BCUT2D eigenvalue weighted by Gasteiger charge is -2.29. The molecule has 206 valence electrons. The van der Waals surface area contributed by atoms with Gasteiger partial charge in [-0.15, -0.1) is 0 Å². The number of amides is 3. The fourth-order valence-electron chi connectivity index (χ4n) is 4.73. The lowest BCUT2D eigenvalue weighted by molar-refractivity contribution is -0.388. The maximum absolute atomic E-state index is 13.2. The predicted molar refractivity (Wildman–Crippen MR) is 142 cm³/mol. The number of hydrogen-bond acceptors (Lipinski definition) is 8. The Labute approximate surface area is 225 Å². The first-order chi connectivity index (χ1) is 18.6. The van der Waals surface area contributed by atoms with E-state index in [1.165, 1.54) is 6.07 Å². The Bertz CT molecular complexity index is 1400. The number of anilines is 1. The summed E-state index contributed by atoms with van der Waals surface area (Å²) >= 11 is 0. The molecule has 0 aromatic heterocycles. The highest BCUT2D eigenvalue weighted by atomic mass is 32.2. The normalized spacial score (nSPS) is 19.3. The Hall–Kier alpha value is -4.10. The Morgan fingerprint density at radius 1 is 1.13 bits per heavy atom. The molecule has 0 bridgehead atoms. The van der Waals surface area contributed by atoms with Gasteiger partial charge in [0.15, 0.2) is 4.90 Å². The van der Waals surface area contributed by atoms with Crippen LogP contribution in [-0.4, -0.2) is 62.1 Å². The zero-order valence-corrected chi connectivity index (χ0v) is 22.1. The minimum absolute atomic E-state index is 0.143. The highest BCUT2D eigenvalue weighted by molar-refractivity contribution is 7.92. The molecule has 12 nitrogen and oxygen atoms in total. The van der Waals surface area contributed by atoms with Crippen LogP contribution in [-0.2, 0) is 26.0 Å². The lowest BCUT2D eigenvalue weighted by atomic mass is 9.83. The van der Waals surface area contributed by atoms with E-state index in [0.717, 1.165) is 60.7 Å². The minimum Gasteiger partial charge on any atom is -0.350 e. The molecule has 1 saturated heterocycles. The number of piperidine rings is 1. The van der Waals surface area contributed by atoms with E-state index in [1.807, 2.05) is 12.1 Å². The van der Waals surface area contributed by atoms with Crippen LogP contribution >= 0.6 is 0 Å². The van der Waals surface area contributed by atoms with E-state index < -0.39 is 48.8 Å². The Kier molecular flexibility index (Phi) is 8.41. The van der Waals surface area contributed by atoms with E-state index in [2.05, 4.69) is 22.3 Å². The van der Waals surface area contributed by atoms with Crippen LogP contribution in [0, 0.1) is 22.0 Å². The second-order valence-corrected chi connectivity index (χ2v) is 11.2. The molecular weight excluding hydrogens is 526 g/mol. The lowest BCUT2D eigenvalue weighted by Crippen LogP contribution is -2.38. The summed E-state index contributed by atoms with van der Waals surface area (Å²) in [6, 6.07) is 10.3. The molecule has 2 aliphatic heterocycles. The van der Waals surface area contributed by atoms with Gasteiger partial charge in [-0.3, -0.25) is 34.1 Å². The van der Waals surface area contributed by atoms with Gasteiger partial charge >= 0.3 is 5.69 Å². The van der Waals surface area contributed by atoms with E-state index >= 15 is 0 Å². The number of nitrogens with zero attached hydrogens (tertiary/aromatic N) is 2. The molecule has 2 heterocycles.